The van der Waals surface area contributed by atoms with E-state index in [9.17, 15) is 27.0 Å². The van der Waals surface area contributed by atoms with Gasteiger partial charge in [0, 0.05) is 46.5 Å². The number of alkyl halides is 3. The summed E-state index contributed by atoms with van der Waals surface area (Å²) in [6.45, 7) is 0.724. The van der Waals surface area contributed by atoms with E-state index in [2.05, 4.69) is 10.3 Å². The Morgan fingerprint density at radius 1 is 1.03 bits per heavy atom. The highest BCUT2D eigenvalue weighted by Gasteiger charge is 2.32. The minimum absolute atomic E-state index is 0.0190. The van der Waals surface area contributed by atoms with Crippen molar-refractivity contribution < 1.29 is 27.0 Å². The van der Waals surface area contributed by atoms with E-state index in [0.29, 0.717) is 47.6 Å². The smallest absolute Gasteiger partial charge is 0.334 e. The highest BCUT2D eigenvalue weighted by atomic mass is 32.2. The van der Waals surface area contributed by atoms with Crippen LogP contribution in [-0.2, 0) is 32.3 Å². The van der Waals surface area contributed by atoms with Gasteiger partial charge in [0.25, 0.3) is 0 Å². The molecule has 1 saturated carbocycles. The van der Waals surface area contributed by atoms with Crippen LogP contribution in [0.1, 0.15) is 67.0 Å². The Balaban J connectivity index is 1.15. The molecule has 2 amide bonds. The van der Waals surface area contributed by atoms with Crippen molar-refractivity contribution in [3.63, 3.8) is 0 Å². The summed E-state index contributed by atoms with van der Waals surface area (Å²) in [7, 11) is -0.963. The third kappa shape index (κ3) is 6.69. The Morgan fingerprint density at radius 3 is 2.49 bits per heavy atom. The van der Waals surface area contributed by atoms with E-state index >= 15 is 0 Å². The molecule has 0 bridgehead atoms. The quantitative estimate of drug-likeness (QED) is 0.364. The number of anilines is 1. The van der Waals surface area contributed by atoms with Crippen LogP contribution >= 0.6 is 11.3 Å². The number of thiazole rings is 1. The second kappa shape index (κ2) is 11.8. The lowest BCUT2D eigenvalue weighted by atomic mass is 9.97. The van der Waals surface area contributed by atoms with Gasteiger partial charge in [-0.05, 0) is 61.6 Å². The number of halogens is 3. The molecule has 3 aromatic rings. The molecule has 39 heavy (non-hydrogen) atoms. The normalized spacial score (nSPS) is 18.3. The number of rotatable bonds is 5. The Hall–Kier alpha value is -2.79. The fraction of sp³-hybridized carbons (Fsp3) is 0.464. The van der Waals surface area contributed by atoms with Gasteiger partial charge in [0.1, 0.15) is 0 Å². The molecule has 0 radical (unpaired) electrons. The van der Waals surface area contributed by atoms with Crippen LogP contribution in [0.4, 0.5) is 18.9 Å². The summed E-state index contributed by atoms with van der Waals surface area (Å²) in [5.41, 5.74) is 0.964. The molecule has 208 valence electrons. The van der Waals surface area contributed by atoms with Crippen LogP contribution in [0.2, 0.25) is 0 Å². The molecule has 2 fully saturated rings. The average molecular weight is 578 g/mol. The first-order chi connectivity index (χ1) is 18.7. The lowest BCUT2D eigenvalue weighted by Crippen LogP contribution is -2.43. The fourth-order valence-corrected chi connectivity index (χ4v) is 8.02. The Bertz CT molecular complexity index is 1380. The summed E-state index contributed by atoms with van der Waals surface area (Å²) < 4.78 is 52.6. The van der Waals surface area contributed by atoms with Crippen molar-refractivity contribution in [2.24, 2.45) is 0 Å². The standard InChI is InChI=1S/C28H30F3N3O3S2/c29-28(30,31)20-9-10-24-23(16-20)33-26(38-24)19-11-13-34(14-12-19)27(36)25(35)32-21-6-4-5-18(15-21)17-39(37)22-7-2-1-3-8-22/h4-6,9-10,15-16,19,22H,1-3,7-8,11-14,17H2,(H,32,35). The molecule has 1 aromatic heterocycles. The zero-order chi connectivity index (χ0) is 27.6. The largest absolute Gasteiger partial charge is 0.416 e. The van der Waals surface area contributed by atoms with Crippen molar-refractivity contribution in [3.8, 4) is 0 Å². The number of amides is 2. The second-order valence-corrected chi connectivity index (χ2v) is 13.0. The number of piperidine rings is 1. The van der Waals surface area contributed by atoms with Gasteiger partial charge in [-0.1, -0.05) is 31.4 Å². The Morgan fingerprint density at radius 2 is 1.77 bits per heavy atom. The number of hydrogen-bond donors (Lipinski definition) is 1. The second-order valence-electron chi connectivity index (χ2n) is 10.2. The lowest BCUT2D eigenvalue weighted by Gasteiger charge is -2.30. The molecule has 1 unspecified atom stereocenters. The first kappa shape index (κ1) is 27.8. The van der Waals surface area contributed by atoms with Crippen molar-refractivity contribution in [2.75, 3.05) is 18.4 Å². The van der Waals surface area contributed by atoms with Crippen LogP contribution in [0, 0.1) is 0 Å². The van der Waals surface area contributed by atoms with E-state index in [1.54, 1.807) is 18.2 Å². The van der Waals surface area contributed by atoms with Crippen molar-refractivity contribution in [1.82, 2.24) is 9.88 Å². The predicted octanol–water partition coefficient (Wildman–Crippen LogP) is 6.24. The van der Waals surface area contributed by atoms with Gasteiger partial charge in [0.2, 0.25) is 0 Å². The maximum absolute atomic E-state index is 13.0. The Labute approximate surface area is 231 Å². The van der Waals surface area contributed by atoms with Gasteiger partial charge in [0.15, 0.2) is 0 Å². The number of hydrogen-bond acceptors (Lipinski definition) is 5. The highest BCUT2D eigenvalue weighted by molar-refractivity contribution is 7.84. The van der Waals surface area contributed by atoms with Crippen LogP contribution in [0.5, 0.6) is 0 Å². The van der Waals surface area contributed by atoms with Crippen LogP contribution in [0.15, 0.2) is 42.5 Å². The first-order valence-corrected chi connectivity index (χ1v) is 15.4. The number of aromatic nitrogens is 1. The van der Waals surface area contributed by atoms with Crippen LogP contribution in [-0.4, -0.2) is 44.2 Å². The molecule has 5 rings (SSSR count). The number of likely N-dealkylation sites (tertiary alicyclic amines) is 1. The van der Waals surface area contributed by atoms with E-state index in [1.165, 1.54) is 28.7 Å². The number of carbonyl (C=O) groups is 2. The van der Waals surface area contributed by atoms with Crippen molar-refractivity contribution >= 4 is 49.9 Å². The Kier molecular flexibility index (Phi) is 8.37. The maximum Gasteiger partial charge on any atom is 0.416 e. The third-order valence-electron chi connectivity index (χ3n) is 7.47. The highest BCUT2D eigenvalue weighted by Crippen LogP contribution is 2.37. The number of nitrogens with zero attached hydrogens (tertiary/aromatic N) is 2. The van der Waals surface area contributed by atoms with Gasteiger partial charge >= 0.3 is 18.0 Å². The van der Waals surface area contributed by atoms with Crippen LogP contribution < -0.4 is 5.32 Å². The monoisotopic (exact) mass is 577 g/mol. The summed E-state index contributed by atoms with van der Waals surface area (Å²) in [5, 5.41) is 3.66. The molecule has 1 atom stereocenters. The molecule has 2 aliphatic rings. The van der Waals surface area contributed by atoms with Gasteiger partial charge in [0.05, 0.1) is 20.8 Å². The zero-order valence-electron chi connectivity index (χ0n) is 21.3. The minimum Gasteiger partial charge on any atom is -0.334 e. The minimum atomic E-state index is -4.42. The first-order valence-electron chi connectivity index (χ1n) is 13.2. The molecule has 0 spiro atoms. The molecular formula is C28H30F3N3O3S2. The van der Waals surface area contributed by atoms with Gasteiger partial charge in [-0.2, -0.15) is 13.2 Å². The molecule has 1 saturated heterocycles. The van der Waals surface area contributed by atoms with Gasteiger partial charge < -0.3 is 10.2 Å². The van der Waals surface area contributed by atoms with E-state index in [0.717, 1.165) is 48.4 Å². The maximum atomic E-state index is 13.0. The number of nitrogens with one attached hydrogen (secondary N) is 1. The molecule has 1 aliphatic carbocycles. The topological polar surface area (TPSA) is 79.4 Å². The molecular weight excluding hydrogens is 547 g/mol. The summed E-state index contributed by atoms with van der Waals surface area (Å²) in [4.78, 5) is 31.5. The van der Waals surface area contributed by atoms with E-state index in [-0.39, 0.29) is 11.2 Å². The summed E-state index contributed by atoms with van der Waals surface area (Å²) in [5.74, 6) is -0.896. The van der Waals surface area contributed by atoms with E-state index in [4.69, 9.17) is 0 Å². The summed E-state index contributed by atoms with van der Waals surface area (Å²) in [6, 6.07) is 10.7. The number of fused-ring (bicyclic) bond motifs is 1. The van der Waals surface area contributed by atoms with Crippen molar-refractivity contribution in [2.45, 2.75) is 68.0 Å². The number of benzene rings is 2. The zero-order valence-corrected chi connectivity index (χ0v) is 23.0. The van der Waals surface area contributed by atoms with Crippen molar-refractivity contribution in [1.29, 1.82) is 0 Å². The van der Waals surface area contributed by atoms with Gasteiger partial charge in [-0.3, -0.25) is 13.8 Å². The molecule has 11 heteroatoms. The van der Waals surface area contributed by atoms with E-state index < -0.39 is 34.4 Å². The SMILES string of the molecule is O=C(Nc1cccc(CS(=O)C2CCCCC2)c1)C(=O)N1CCC(c2nc3cc(C(F)(F)F)ccc3s2)CC1. The van der Waals surface area contributed by atoms with E-state index in [1.807, 2.05) is 6.07 Å². The van der Waals surface area contributed by atoms with Crippen LogP contribution in [0.3, 0.4) is 0 Å². The third-order valence-corrected chi connectivity index (χ3v) is 10.5. The predicted molar refractivity (Wildman–Crippen MR) is 147 cm³/mol. The van der Waals surface area contributed by atoms with Gasteiger partial charge in [-0.25, -0.2) is 4.98 Å². The fourth-order valence-electron chi connectivity index (χ4n) is 5.30. The molecule has 2 aromatic carbocycles. The average Bonchev–Trinajstić information content (AvgIpc) is 3.36. The van der Waals surface area contributed by atoms with Crippen LogP contribution in [0.25, 0.3) is 10.2 Å². The molecule has 1 N–H and O–H groups in total. The molecule has 6 nitrogen and oxygen atoms in total. The lowest BCUT2D eigenvalue weighted by molar-refractivity contribution is -0.143. The molecule has 2 heterocycles. The van der Waals surface area contributed by atoms with Crippen molar-refractivity contribution in [3.05, 3.63) is 58.6 Å². The van der Waals surface area contributed by atoms with Gasteiger partial charge in [-0.15, -0.1) is 11.3 Å². The summed E-state index contributed by atoms with van der Waals surface area (Å²) in [6.07, 6.45) is 2.16. The summed E-state index contributed by atoms with van der Waals surface area (Å²) >= 11 is 1.37. The molecule has 1 aliphatic heterocycles. The number of carbonyl (C=O) groups excluding carboxylic acids is 2.